The fourth-order valence-electron chi connectivity index (χ4n) is 5.91. The van der Waals surface area contributed by atoms with Crippen molar-refractivity contribution in [3.05, 3.63) is 48.0 Å². The first-order valence-electron chi connectivity index (χ1n) is 14.1. The van der Waals surface area contributed by atoms with Gasteiger partial charge >= 0.3 is 6.09 Å². The van der Waals surface area contributed by atoms with Gasteiger partial charge in [0.15, 0.2) is 0 Å². The van der Waals surface area contributed by atoms with Gasteiger partial charge in [0.1, 0.15) is 11.9 Å². The van der Waals surface area contributed by atoms with Crippen LogP contribution in [0.1, 0.15) is 64.5 Å². The van der Waals surface area contributed by atoms with Crippen LogP contribution in [0.15, 0.2) is 47.6 Å². The number of benzene rings is 2. The van der Waals surface area contributed by atoms with Crippen molar-refractivity contribution < 1.29 is 14.3 Å². The lowest BCUT2D eigenvalue weighted by Crippen LogP contribution is -2.21. The van der Waals surface area contributed by atoms with Crippen molar-refractivity contribution in [3.63, 3.8) is 0 Å². The average molecular weight is 515 g/mol. The van der Waals surface area contributed by atoms with Gasteiger partial charge in [-0.25, -0.2) is 4.79 Å². The number of hydrogen-bond acceptors (Lipinski definition) is 5. The fourth-order valence-corrected chi connectivity index (χ4v) is 5.91. The number of anilines is 1. The first-order chi connectivity index (χ1) is 18.4. The topological polar surface area (TPSA) is 68.1 Å². The Bertz CT molecular complexity index is 1370. The van der Waals surface area contributed by atoms with E-state index >= 15 is 0 Å². The smallest absolute Gasteiger partial charge is 0.411 e. The molecule has 3 aliphatic rings. The van der Waals surface area contributed by atoms with Crippen molar-refractivity contribution in [2.45, 2.75) is 65.0 Å². The largest absolute Gasteiger partial charge is 0.494 e. The zero-order valence-corrected chi connectivity index (χ0v) is 22.9. The summed E-state index contributed by atoms with van der Waals surface area (Å²) in [4.78, 5) is 12.4. The molecule has 1 aliphatic heterocycles. The highest BCUT2D eigenvalue weighted by molar-refractivity contribution is 6.17. The third kappa shape index (κ3) is 4.63. The molecule has 2 aliphatic carbocycles. The Labute approximate surface area is 224 Å². The van der Waals surface area contributed by atoms with Crippen LogP contribution < -0.4 is 10.1 Å². The second-order valence-corrected chi connectivity index (χ2v) is 11.2. The van der Waals surface area contributed by atoms with Gasteiger partial charge in [-0.05, 0) is 81.7 Å². The molecule has 2 unspecified atom stereocenters. The highest BCUT2D eigenvalue weighted by Crippen LogP contribution is 2.45. The quantitative estimate of drug-likeness (QED) is 0.349. The van der Waals surface area contributed by atoms with Crippen molar-refractivity contribution >= 4 is 28.4 Å². The number of carbonyl (C=O) groups excluding carboxylic acids is 1. The molecule has 1 aromatic heterocycles. The summed E-state index contributed by atoms with van der Waals surface area (Å²) >= 11 is 0. The van der Waals surface area contributed by atoms with Gasteiger partial charge in [-0.15, -0.1) is 0 Å². The molecular formula is C31H38N4O3. The normalized spacial score (nSPS) is 20.3. The van der Waals surface area contributed by atoms with Crippen LogP contribution in [0.25, 0.3) is 22.2 Å². The predicted octanol–water partition coefficient (Wildman–Crippen LogP) is 7.06. The summed E-state index contributed by atoms with van der Waals surface area (Å²) in [6.45, 7) is 7.80. The Morgan fingerprint density at radius 1 is 1.13 bits per heavy atom. The number of fused-ring (bicyclic) bond motifs is 1. The van der Waals surface area contributed by atoms with Crippen molar-refractivity contribution in [2.24, 2.45) is 16.9 Å². The lowest BCUT2D eigenvalue weighted by molar-refractivity contribution is 0.108. The molecule has 7 nitrogen and oxygen atoms in total. The van der Waals surface area contributed by atoms with E-state index in [4.69, 9.17) is 14.6 Å². The van der Waals surface area contributed by atoms with Gasteiger partial charge in [0.2, 0.25) is 0 Å². The van der Waals surface area contributed by atoms with Crippen LogP contribution in [-0.2, 0) is 4.74 Å². The average Bonchev–Trinajstić information content (AvgIpc) is 3.59. The summed E-state index contributed by atoms with van der Waals surface area (Å²) in [7, 11) is 2.05. The van der Waals surface area contributed by atoms with E-state index < -0.39 is 0 Å². The van der Waals surface area contributed by atoms with Gasteiger partial charge in [-0.1, -0.05) is 19.1 Å². The number of aromatic nitrogens is 1. The number of nitrogens with zero attached hydrogens (tertiary/aromatic N) is 3. The molecule has 200 valence electrons. The SMILES string of the molecule is CCOc1ccc2c(C3=NN(C)CC3C)c(-c3ccc(NC(=O)OC(C)C4CC4)cc3)n(C3CCC3)c2c1. The lowest BCUT2D eigenvalue weighted by Gasteiger charge is -2.30. The minimum atomic E-state index is -0.387. The Kier molecular flexibility index (Phi) is 6.54. The second kappa shape index (κ2) is 10.0. The van der Waals surface area contributed by atoms with E-state index in [1.165, 1.54) is 41.4 Å². The summed E-state index contributed by atoms with van der Waals surface area (Å²) in [5.74, 6) is 1.74. The number of hydrogen-bond donors (Lipinski definition) is 1. The molecule has 2 fully saturated rings. The maximum Gasteiger partial charge on any atom is 0.411 e. The van der Waals surface area contributed by atoms with E-state index in [9.17, 15) is 4.79 Å². The van der Waals surface area contributed by atoms with E-state index in [1.54, 1.807) is 0 Å². The van der Waals surface area contributed by atoms with Gasteiger partial charge in [-0.3, -0.25) is 10.3 Å². The maximum absolute atomic E-state index is 12.4. The molecule has 2 aromatic carbocycles. The van der Waals surface area contributed by atoms with Crippen LogP contribution in [0.3, 0.4) is 0 Å². The van der Waals surface area contributed by atoms with Crippen LogP contribution in [0.2, 0.25) is 0 Å². The minimum absolute atomic E-state index is 0.0381. The molecule has 2 saturated carbocycles. The first-order valence-corrected chi connectivity index (χ1v) is 14.1. The lowest BCUT2D eigenvalue weighted by atomic mass is 9.91. The van der Waals surface area contributed by atoms with Crippen LogP contribution in [0, 0.1) is 11.8 Å². The minimum Gasteiger partial charge on any atom is -0.494 e. The van der Waals surface area contributed by atoms with Crippen LogP contribution in [0.5, 0.6) is 5.75 Å². The van der Waals surface area contributed by atoms with Gasteiger partial charge in [0.25, 0.3) is 0 Å². The Morgan fingerprint density at radius 3 is 2.50 bits per heavy atom. The highest BCUT2D eigenvalue weighted by Gasteiger charge is 2.33. The van der Waals surface area contributed by atoms with Crippen molar-refractivity contribution in [2.75, 3.05) is 25.5 Å². The number of hydrazone groups is 1. The van der Waals surface area contributed by atoms with Crippen LogP contribution in [0.4, 0.5) is 10.5 Å². The van der Waals surface area contributed by atoms with E-state index in [0.717, 1.165) is 42.1 Å². The first kappa shape index (κ1) is 24.8. The molecule has 7 heteroatoms. The van der Waals surface area contributed by atoms with Crippen LogP contribution >= 0.6 is 0 Å². The Hall–Kier alpha value is -3.48. The molecule has 1 amide bonds. The summed E-state index contributed by atoms with van der Waals surface area (Å²) in [6, 6.07) is 15.1. The number of nitrogens with one attached hydrogen (secondary N) is 1. The van der Waals surface area contributed by atoms with Gasteiger partial charge in [-0.2, -0.15) is 5.10 Å². The van der Waals surface area contributed by atoms with E-state index in [2.05, 4.69) is 47.1 Å². The molecule has 3 aromatic rings. The molecular weight excluding hydrogens is 476 g/mol. The van der Waals surface area contributed by atoms with Gasteiger partial charge in [0, 0.05) is 48.3 Å². The molecule has 38 heavy (non-hydrogen) atoms. The predicted molar refractivity (Wildman–Crippen MR) is 152 cm³/mol. The Morgan fingerprint density at radius 2 is 1.89 bits per heavy atom. The fraction of sp³-hybridized carbons (Fsp3) is 0.484. The number of carbonyl (C=O) groups is 1. The van der Waals surface area contributed by atoms with Crippen molar-refractivity contribution in [1.29, 1.82) is 0 Å². The van der Waals surface area contributed by atoms with E-state index in [-0.39, 0.29) is 12.2 Å². The van der Waals surface area contributed by atoms with Gasteiger partial charge in [0.05, 0.1) is 23.5 Å². The third-order valence-corrected chi connectivity index (χ3v) is 8.25. The molecule has 2 heterocycles. The molecule has 6 rings (SSSR count). The van der Waals surface area contributed by atoms with Crippen molar-refractivity contribution in [3.8, 4) is 17.0 Å². The molecule has 0 saturated heterocycles. The Balaban J connectivity index is 1.43. The highest BCUT2D eigenvalue weighted by atomic mass is 16.6. The zero-order chi connectivity index (χ0) is 26.4. The number of rotatable bonds is 8. The molecule has 1 N–H and O–H groups in total. The van der Waals surface area contributed by atoms with Gasteiger partial charge < -0.3 is 14.0 Å². The summed E-state index contributed by atoms with van der Waals surface area (Å²) < 4.78 is 14.0. The molecule has 2 atom stereocenters. The summed E-state index contributed by atoms with van der Waals surface area (Å²) in [5, 5.41) is 11.2. The molecule has 0 spiro atoms. The maximum atomic E-state index is 12.4. The zero-order valence-electron chi connectivity index (χ0n) is 22.9. The summed E-state index contributed by atoms with van der Waals surface area (Å²) in [6.07, 6.45) is 5.45. The number of amides is 1. The monoisotopic (exact) mass is 514 g/mol. The summed E-state index contributed by atoms with van der Waals surface area (Å²) in [5.41, 5.74) is 6.61. The third-order valence-electron chi connectivity index (χ3n) is 8.25. The van der Waals surface area contributed by atoms with Crippen LogP contribution in [-0.4, -0.2) is 47.7 Å². The van der Waals surface area contributed by atoms with Crippen molar-refractivity contribution in [1.82, 2.24) is 9.58 Å². The van der Waals surface area contributed by atoms with E-state index in [0.29, 0.717) is 24.5 Å². The molecule has 0 radical (unpaired) electrons. The number of ether oxygens (including phenoxy) is 2. The molecule has 0 bridgehead atoms. The second-order valence-electron chi connectivity index (χ2n) is 11.2. The van der Waals surface area contributed by atoms with E-state index in [1.807, 2.05) is 38.0 Å². The standard InChI is InChI=1S/C31H38N4O3/c1-5-37-25-15-16-26-27(17-25)35(24-7-6-8-24)30(28(26)29-19(2)18-34(4)33-29)22-11-13-23(14-12-22)32-31(36)38-20(3)21-9-10-21/h11-17,19-21,24H,5-10,18H2,1-4H3,(H,32,36).